The summed E-state index contributed by atoms with van der Waals surface area (Å²) in [5, 5.41) is 7.19. The van der Waals surface area contributed by atoms with E-state index in [0.717, 1.165) is 15.7 Å². The summed E-state index contributed by atoms with van der Waals surface area (Å²) >= 11 is 3.37. The van der Waals surface area contributed by atoms with Crippen LogP contribution in [0.4, 0.5) is 5.82 Å². The van der Waals surface area contributed by atoms with Gasteiger partial charge in [-0.25, -0.2) is 4.68 Å². The number of halogens is 1. The second kappa shape index (κ2) is 6.76. The smallest absolute Gasteiger partial charge is 0.258 e. The van der Waals surface area contributed by atoms with Crippen molar-refractivity contribution in [2.75, 3.05) is 5.32 Å². The van der Waals surface area contributed by atoms with Crippen molar-refractivity contribution in [3.8, 4) is 5.69 Å². The third-order valence-corrected chi connectivity index (χ3v) is 4.10. The quantitative estimate of drug-likeness (QED) is 0.739. The van der Waals surface area contributed by atoms with Crippen LogP contribution in [0.15, 0.2) is 65.3 Å². The van der Waals surface area contributed by atoms with Crippen LogP contribution in [-0.4, -0.2) is 15.7 Å². The van der Waals surface area contributed by atoms with E-state index in [2.05, 4.69) is 26.3 Å². The van der Waals surface area contributed by atoms with E-state index >= 15 is 0 Å². The molecule has 116 valence electrons. The van der Waals surface area contributed by atoms with Gasteiger partial charge in [0.1, 0.15) is 0 Å². The van der Waals surface area contributed by atoms with Gasteiger partial charge in [0.2, 0.25) is 0 Å². The van der Waals surface area contributed by atoms with Crippen molar-refractivity contribution in [3.05, 3.63) is 76.4 Å². The molecule has 3 aromatic rings. The Kier molecular flexibility index (Phi) is 4.55. The molecule has 0 aliphatic rings. The van der Waals surface area contributed by atoms with Crippen LogP contribution in [-0.2, 0) is 6.54 Å². The van der Waals surface area contributed by atoms with Crippen LogP contribution in [0, 0.1) is 0 Å². The molecular formula is C17H15BrN4O. The Morgan fingerprint density at radius 2 is 1.87 bits per heavy atom. The predicted molar refractivity (Wildman–Crippen MR) is 93.6 cm³/mol. The van der Waals surface area contributed by atoms with Crippen molar-refractivity contribution in [1.29, 1.82) is 0 Å². The lowest BCUT2D eigenvalue weighted by Crippen LogP contribution is -2.13. The molecule has 0 bridgehead atoms. The number of hydrogen-bond acceptors (Lipinski definition) is 3. The molecule has 5 nitrogen and oxygen atoms in total. The number of anilines is 1. The molecule has 2 aromatic carbocycles. The topological polar surface area (TPSA) is 72.9 Å². The molecule has 3 rings (SSSR count). The van der Waals surface area contributed by atoms with E-state index in [0.29, 0.717) is 17.9 Å². The third kappa shape index (κ3) is 3.33. The van der Waals surface area contributed by atoms with Crippen molar-refractivity contribution in [2.45, 2.75) is 6.54 Å². The lowest BCUT2D eigenvalue weighted by Gasteiger charge is -2.07. The van der Waals surface area contributed by atoms with Crippen LogP contribution in [0.2, 0.25) is 0 Å². The Balaban J connectivity index is 1.83. The van der Waals surface area contributed by atoms with E-state index in [9.17, 15) is 4.79 Å². The third-order valence-electron chi connectivity index (χ3n) is 3.41. The maximum Gasteiger partial charge on any atom is 0.258 e. The fourth-order valence-electron chi connectivity index (χ4n) is 2.26. The summed E-state index contributed by atoms with van der Waals surface area (Å²) in [5.74, 6) is 0.271. The van der Waals surface area contributed by atoms with Crippen molar-refractivity contribution in [1.82, 2.24) is 9.78 Å². The van der Waals surface area contributed by atoms with Crippen LogP contribution < -0.4 is 11.1 Å². The second-order valence-electron chi connectivity index (χ2n) is 4.91. The molecule has 0 saturated heterocycles. The number of hydrogen-bond donors (Lipinski definition) is 2. The minimum absolute atomic E-state index is 0.213. The maximum atomic E-state index is 12.3. The summed E-state index contributed by atoms with van der Waals surface area (Å²) in [5.41, 5.74) is 8.20. The van der Waals surface area contributed by atoms with E-state index in [4.69, 9.17) is 5.73 Å². The largest absolute Gasteiger partial charge is 0.326 e. The van der Waals surface area contributed by atoms with E-state index in [1.54, 1.807) is 23.0 Å². The molecule has 1 aromatic heterocycles. The molecule has 0 atom stereocenters. The van der Waals surface area contributed by atoms with Gasteiger partial charge in [0.25, 0.3) is 5.91 Å². The van der Waals surface area contributed by atoms with E-state index in [1.807, 2.05) is 42.5 Å². The summed E-state index contributed by atoms with van der Waals surface area (Å²) in [6.07, 6.45) is 1.80. The Bertz CT molecular complexity index is 844. The molecule has 0 unspecified atom stereocenters. The molecule has 1 heterocycles. The monoisotopic (exact) mass is 370 g/mol. The van der Waals surface area contributed by atoms with Crippen LogP contribution in [0.1, 0.15) is 15.9 Å². The Morgan fingerprint density at radius 3 is 2.65 bits per heavy atom. The van der Waals surface area contributed by atoms with Gasteiger partial charge in [0.05, 0.1) is 11.3 Å². The molecule has 0 radical (unpaired) electrons. The van der Waals surface area contributed by atoms with Gasteiger partial charge in [-0.2, -0.15) is 5.10 Å². The zero-order valence-electron chi connectivity index (χ0n) is 12.2. The van der Waals surface area contributed by atoms with E-state index in [1.165, 1.54) is 0 Å². The fourth-order valence-corrected chi connectivity index (χ4v) is 2.73. The molecule has 0 aliphatic heterocycles. The van der Waals surface area contributed by atoms with Gasteiger partial charge >= 0.3 is 0 Å². The number of aromatic nitrogens is 2. The highest BCUT2D eigenvalue weighted by Gasteiger charge is 2.11. The number of nitrogens with zero attached hydrogens (tertiary/aromatic N) is 2. The van der Waals surface area contributed by atoms with Crippen molar-refractivity contribution in [2.24, 2.45) is 5.73 Å². The number of benzene rings is 2. The average molecular weight is 371 g/mol. The fraction of sp³-hybridized carbons (Fsp3) is 0.0588. The summed E-state index contributed by atoms with van der Waals surface area (Å²) in [6.45, 7) is 0.425. The zero-order valence-corrected chi connectivity index (χ0v) is 13.8. The van der Waals surface area contributed by atoms with E-state index < -0.39 is 0 Å². The molecule has 23 heavy (non-hydrogen) atoms. The summed E-state index contributed by atoms with van der Waals surface area (Å²) < 4.78 is 2.45. The van der Waals surface area contributed by atoms with Crippen LogP contribution >= 0.6 is 15.9 Å². The van der Waals surface area contributed by atoms with Crippen molar-refractivity contribution >= 4 is 27.7 Å². The summed E-state index contributed by atoms with van der Waals surface area (Å²) in [4.78, 5) is 12.3. The highest BCUT2D eigenvalue weighted by atomic mass is 79.9. The number of nitrogens with one attached hydrogen (secondary N) is 1. The van der Waals surface area contributed by atoms with Gasteiger partial charge in [-0.05, 0) is 39.7 Å². The number of carbonyl (C=O) groups excluding carboxylic acids is 1. The SMILES string of the molecule is NCc1ccccc1-n1ccc(NC(=O)c2ccccc2Br)n1. The van der Waals surface area contributed by atoms with Crippen LogP contribution in [0.5, 0.6) is 0 Å². The number of carbonyl (C=O) groups is 1. The van der Waals surface area contributed by atoms with Crippen LogP contribution in [0.25, 0.3) is 5.69 Å². The Hall–Kier alpha value is -2.44. The molecule has 0 fully saturated rings. The van der Waals surface area contributed by atoms with Crippen LogP contribution in [0.3, 0.4) is 0 Å². The van der Waals surface area contributed by atoms with Gasteiger partial charge in [-0.1, -0.05) is 30.3 Å². The molecule has 0 aliphatic carbocycles. The lowest BCUT2D eigenvalue weighted by molar-refractivity contribution is 0.102. The zero-order chi connectivity index (χ0) is 16.2. The predicted octanol–water partition coefficient (Wildman–Crippen LogP) is 3.35. The molecular weight excluding hydrogens is 356 g/mol. The first-order valence-electron chi connectivity index (χ1n) is 7.09. The minimum atomic E-state index is -0.213. The Labute approximate surface area is 142 Å². The van der Waals surface area contributed by atoms with Gasteiger partial charge in [-0.3, -0.25) is 4.79 Å². The van der Waals surface area contributed by atoms with E-state index in [-0.39, 0.29) is 5.91 Å². The number of rotatable bonds is 4. The first-order chi connectivity index (χ1) is 11.2. The van der Waals surface area contributed by atoms with Gasteiger partial charge in [-0.15, -0.1) is 0 Å². The summed E-state index contributed by atoms with van der Waals surface area (Å²) in [7, 11) is 0. The normalized spacial score (nSPS) is 10.5. The Morgan fingerprint density at radius 1 is 1.13 bits per heavy atom. The average Bonchev–Trinajstić information content (AvgIpc) is 3.03. The first kappa shape index (κ1) is 15.5. The number of amides is 1. The highest BCUT2D eigenvalue weighted by Crippen LogP contribution is 2.18. The number of para-hydroxylation sites is 1. The molecule has 6 heteroatoms. The van der Waals surface area contributed by atoms with Gasteiger partial charge in [0, 0.05) is 23.3 Å². The van der Waals surface area contributed by atoms with Gasteiger partial charge in [0.15, 0.2) is 5.82 Å². The van der Waals surface area contributed by atoms with Crippen molar-refractivity contribution in [3.63, 3.8) is 0 Å². The molecule has 0 spiro atoms. The maximum absolute atomic E-state index is 12.3. The summed E-state index contributed by atoms with van der Waals surface area (Å²) in [6, 6.07) is 16.8. The first-order valence-corrected chi connectivity index (χ1v) is 7.88. The molecule has 3 N–H and O–H groups in total. The number of nitrogens with two attached hydrogens (primary N) is 1. The standard InChI is InChI=1S/C17H15BrN4O/c18-14-7-3-2-6-13(14)17(23)20-16-9-10-22(21-16)15-8-4-1-5-12(15)11-19/h1-10H,11,19H2,(H,20,21,23). The van der Waals surface area contributed by atoms with Gasteiger partial charge < -0.3 is 11.1 Å². The molecule has 0 saturated carbocycles. The second-order valence-corrected chi connectivity index (χ2v) is 5.77. The highest BCUT2D eigenvalue weighted by molar-refractivity contribution is 9.10. The van der Waals surface area contributed by atoms with Crippen molar-refractivity contribution < 1.29 is 4.79 Å². The molecule has 1 amide bonds. The lowest BCUT2D eigenvalue weighted by atomic mass is 10.2. The minimum Gasteiger partial charge on any atom is -0.326 e.